The van der Waals surface area contributed by atoms with E-state index in [2.05, 4.69) is 22.1 Å². The molecule has 0 unspecified atom stereocenters. The number of aryl methyl sites for hydroxylation is 2. The largest absolute Gasteiger partial charge is 0.392 e. The maximum absolute atomic E-state index is 8.94. The topological polar surface area (TPSA) is 48.9 Å². The predicted molar refractivity (Wildman–Crippen MR) is 67.6 cm³/mol. The average Bonchev–Trinajstić information content (AvgIpc) is 2.88. The third kappa shape index (κ3) is 3.71. The van der Waals surface area contributed by atoms with Crippen molar-refractivity contribution >= 4 is 0 Å². The second-order valence-corrected chi connectivity index (χ2v) is 4.22. The number of benzene rings is 1. The van der Waals surface area contributed by atoms with Crippen LogP contribution in [0.1, 0.15) is 29.8 Å². The van der Waals surface area contributed by atoms with Gasteiger partial charge in [-0.05, 0) is 30.4 Å². The van der Waals surface area contributed by atoms with Gasteiger partial charge in [0.15, 0.2) is 0 Å². The van der Waals surface area contributed by atoms with Gasteiger partial charge in [0, 0.05) is 18.8 Å². The first-order chi connectivity index (χ1) is 8.38. The number of aliphatic hydroxyl groups excluding tert-OH is 1. The lowest BCUT2D eigenvalue weighted by Crippen LogP contribution is -1.91. The minimum Gasteiger partial charge on any atom is -0.392 e. The van der Waals surface area contributed by atoms with Gasteiger partial charge in [0.25, 0.3) is 0 Å². The molecule has 2 aromatic rings. The highest BCUT2D eigenvalue weighted by Crippen LogP contribution is 2.09. The third-order valence-corrected chi connectivity index (χ3v) is 2.89. The van der Waals surface area contributed by atoms with E-state index in [0.717, 1.165) is 30.7 Å². The van der Waals surface area contributed by atoms with E-state index in [1.54, 1.807) is 6.20 Å². The fourth-order valence-electron chi connectivity index (χ4n) is 1.87. The number of unbranched alkanes of at least 4 members (excludes halogenated alkanes) is 1. The van der Waals surface area contributed by atoms with Crippen LogP contribution in [0.2, 0.25) is 0 Å². The van der Waals surface area contributed by atoms with Crippen molar-refractivity contribution in [1.29, 1.82) is 0 Å². The van der Waals surface area contributed by atoms with Crippen molar-refractivity contribution < 1.29 is 5.11 Å². The number of aromatic nitrogens is 2. The Labute approximate surface area is 102 Å². The number of rotatable bonds is 6. The van der Waals surface area contributed by atoms with Gasteiger partial charge in [-0.15, -0.1) is 0 Å². The van der Waals surface area contributed by atoms with E-state index in [9.17, 15) is 0 Å². The predicted octanol–water partition coefficient (Wildman–Crippen LogP) is 2.47. The van der Waals surface area contributed by atoms with E-state index in [0.29, 0.717) is 0 Å². The lowest BCUT2D eigenvalue weighted by Gasteiger charge is -2.02. The van der Waals surface area contributed by atoms with Crippen LogP contribution in [0, 0.1) is 0 Å². The molecular weight excluding hydrogens is 212 g/mol. The van der Waals surface area contributed by atoms with E-state index < -0.39 is 0 Å². The van der Waals surface area contributed by atoms with Crippen molar-refractivity contribution in [3.05, 3.63) is 53.6 Å². The molecule has 0 radical (unpaired) electrons. The van der Waals surface area contributed by atoms with E-state index >= 15 is 0 Å². The first-order valence-electron chi connectivity index (χ1n) is 6.05. The molecule has 0 spiro atoms. The van der Waals surface area contributed by atoms with Crippen LogP contribution in [0.3, 0.4) is 0 Å². The number of hydrogen-bond donors (Lipinski definition) is 2. The van der Waals surface area contributed by atoms with Gasteiger partial charge in [-0.25, -0.2) is 4.98 Å². The Kier molecular flexibility index (Phi) is 4.33. The fourth-order valence-corrected chi connectivity index (χ4v) is 1.87. The molecule has 1 aromatic heterocycles. The van der Waals surface area contributed by atoms with E-state index in [4.69, 9.17) is 5.11 Å². The number of imidazole rings is 1. The van der Waals surface area contributed by atoms with E-state index in [1.165, 1.54) is 12.0 Å². The van der Waals surface area contributed by atoms with Crippen molar-refractivity contribution in [2.75, 3.05) is 0 Å². The smallest absolute Gasteiger partial charge is 0.105 e. The Morgan fingerprint density at radius 3 is 2.35 bits per heavy atom. The Morgan fingerprint density at radius 2 is 1.71 bits per heavy atom. The summed E-state index contributed by atoms with van der Waals surface area (Å²) in [6.07, 6.45) is 8.08. The molecule has 0 fully saturated rings. The van der Waals surface area contributed by atoms with Gasteiger partial charge < -0.3 is 10.1 Å². The molecule has 1 aromatic carbocycles. The number of aromatic amines is 1. The molecule has 2 N–H and O–H groups in total. The van der Waals surface area contributed by atoms with Crippen LogP contribution in [-0.4, -0.2) is 15.1 Å². The summed E-state index contributed by atoms with van der Waals surface area (Å²) in [5.41, 5.74) is 2.31. The molecule has 0 aliphatic carbocycles. The molecule has 17 heavy (non-hydrogen) atoms. The number of nitrogens with one attached hydrogen (secondary N) is 1. The number of nitrogens with zero attached hydrogens (tertiary/aromatic N) is 1. The molecule has 0 saturated carbocycles. The first-order valence-corrected chi connectivity index (χ1v) is 6.05. The SMILES string of the molecule is OCc1ccc(CCCCc2ncc[nH]2)cc1. The van der Waals surface area contributed by atoms with Crippen LogP contribution in [-0.2, 0) is 19.4 Å². The summed E-state index contributed by atoms with van der Waals surface area (Å²) >= 11 is 0. The summed E-state index contributed by atoms with van der Waals surface area (Å²) in [6, 6.07) is 8.17. The summed E-state index contributed by atoms with van der Waals surface area (Å²) in [5.74, 6) is 1.07. The van der Waals surface area contributed by atoms with Gasteiger partial charge in [0.2, 0.25) is 0 Å². The molecule has 0 bridgehead atoms. The molecule has 0 aliphatic heterocycles. The summed E-state index contributed by atoms with van der Waals surface area (Å²) in [4.78, 5) is 7.31. The Bertz CT molecular complexity index is 420. The average molecular weight is 230 g/mol. The fraction of sp³-hybridized carbons (Fsp3) is 0.357. The van der Waals surface area contributed by atoms with Crippen LogP contribution in [0.15, 0.2) is 36.7 Å². The maximum Gasteiger partial charge on any atom is 0.105 e. The Morgan fingerprint density at radius 1 is 1.00 bits per heavy atom. The number of H-pyrrole nitrogens is 1. The standard InChI is InChI=1S/C14H18N2O/c17-11-13-7-5-12(6-8-13)3-1-2-4-14-15-9-10-16-14/h5-10,17H,1-4,11H2,(H,15,16). The molecule has 90 valence electrons. The molecule has 0 saturated heterocycles. The van der Waals surface area contributed by atoms with Gasteiger partial charge in [0.05, 0.1) is 6.61 Å². The second-order valence-electron chi connectivity index (χ2n) is 4.22. The van der Waals surface area contributed by atoms with Crippen molar-refractivity contribution in [2.45, 2.75) is 32.3 Å². The van der Waals surface area contributed by atoms with Crippen LogP contribution >= 0.6 is 0 Å². The van der Waals surface area contributed by atoms with Gasteiger partial charge in [-0.3, -0.25) is 0 Å². The van der Waals surface area contributed by atoms with Crippen molar-refractivity contribution in [3.8, 4) is 0 Å². The highest BCUT2D eigenvalue weighted by Gasteiger charge is 1.97. The molecule has 0 amide bonds. The van der Waals surface area contributed by atoms with Crippen LogP contribution < -0.4 is 0 Å². The van der Waals surface area contributed by atoms with Crippen molar-refractivity contribution in [1.82, 2.24) is 9.97 Å². The second kappa shape index (κ2) is 6.21. The first kappa shape index (κ1) is 11.9. The molecule has 1 heterocycles. The molecule has 0 atom stereocenters. The molecule has 0 aliphatic rings. The summed E-state index contributed by atoms with van der Waals surface area (Å²) in [7, 11) is 0. The zero-order valence-corrected chi connectivity index (χ0v) is 9.89. The van der Waals surface area contributed by atoms with Crippen molar-refractivity contribution in [2.24, 2.45) is 0 Å². The van der Waals surface area contributed by atoms with Crippen LogP contribution in [0.4, 0.5) is 0 Å². The number of aliphatic hydroxyl groups is 1. The summed E-state index contributed by atoms with van der Waals surface area (Å²) < 4.78 is 0. The van der Waals surface area contributed by atoms with Crippen LogP contribution in [0.5, 0.6) is 0 Å². The molecule has 2 rings (SSSR count). The molecule has 3 heteroatoms. The van der Waals surface area contributed by atoms with Gasteiger partial charge >= 0.3 is 0 Å². The quantitative estimate of drug-likeness (QED) is 0.749. The number of hydrogen-bond acceptors (Lipinski definition) is 2. The molecule has 3 nitrogen and oxygen atoms in total. The lowest BCUT2D eigenvalue weighted by molar-refractivity contribution is 0.282. The van der Waals surface area contributed by atoms with E-state index in [1.807, 2.05) is 18.3 Å². The highest BCUT2D eigenvalue weighted by molar-refractivity contribution is 5.21. The summed E-state index contributed by atoms with van der Waals surface area (Å²) in [5, 5.41) is 8.94. The molecular formula is C14H18N2O. The lowest BCUT2D eigenvalue weighted by atomic mass is 10.1. The van der Waals surface area contributed by atoms with Gasteiger partial charge in [0.1, 0.15) is 5.82 Å². The Hall–Kier alpha value is -1.61. The zero-order chi connectivity index (χ0) is 11.9. The third-order valence-electron chi connectivity index (χ3n) is 2.89. The van der Waals surface area contributed by atoms with Gasteiger partial charge in [-0.2, -0.15) is 0 Å². The minimum atomic E-state index is 0.124. The minimum absolute atomic E-state index is 0.124. The Balaban J connectivity index is 1.70. The van der Waals surface area contributed by atoms with Gasteiger partial charge in [-0.1, -0.05) is 24.3 Å². The zero-order valence-electron chi connectivity index (χ0n) is 9.89. The van der Waals surface area contributed by atoms with Crippen molar-refractivity contribution in [3.63, 3.8) is 0 Å². The monoisotopic (exact) mass is 230 g/mol. The highest BCUT2D eigenvalue weighted by atomic mass is 16.3. The van der Waals surface area contributed by atoms with E-state index in [-0.39, 0.29) is 6.61 Å². The maximum atomic E-state index is 8.94. The van der Waals surface area contributed by atoms with Crippen LogP contribution in [0.25, 0.3) is 0 Å². The summed E-state index contributed by atoms with van der Waals surface area (Å²) in [6.45, 7) is 0.124. The normalized spacial score (nSPS) is 10.6.